The number of carbonyl (C=O) groups excluding carboxylic acids is 3. The Morgan fingerprint density at radius 1 is 1.17 bits per heavy atom. The van der Waals surface area contributed by atoms with Crippen LogP contribution in [-0.2, 0) is 20.8 Å². The molecular weight excluding hydrogens is 403 g/mol. The van der Waals surface area contributed by atoms with E-state index in [-0.39, 0.29) is 35.0 Å². The van der Waals surface area contributed by atoms with Crippen molar-refractivity contribution in [2.24, 2.45) is 0 Å². The Hall–Kier alpha value is -2.87. The Morgan fingerprint density at radius 3 is 2.48 bits per heavy atom. The molecule has 0 fully saturated rings. The van der Waals surface area contributed by atoms with E-state index in [4.69, 9.17) is 21.1 Å². The van der Waals surface area contributed by atoms with Gasteiger partial charge in [-0.2, -0.15) is 0 Å². The third kappa shape index (κ3) is 5.14. The van der Waals surface area contributed by atoms with E-state index < -0.39 is 30.3 Å². The van der Waals surface area contributed by atoms with Crippen molar-refractivity contribution in [3.8, 4) is 0 Å². The number of carbonyl (C=O) groups is 3. The molecule has 1 amide bonds. The summed E-state index contributed by atoms with van der Waals surface area (Å²) in [5.41, 5.74) is 1.34. The topological polar surface area (TPSA) is 88.7 Å². The molecular formula is C20H22ClFN2O5. The first-order valence-electron chi connectivity index (χ1n) is 8.87. The van der Waals surface area contributed by atoms with Crippen LogP contribution in [0.5, 0.6) is 0 Å². The maximum atomic E-state index is 13.9. The largest absolute Gasteiger partial charge is 0.462 e. The van der Waals surface area contributed by atoms with E-state index >= 15 is 0 Å². The summed E-state index contributed by atoms with van der Waals surface area (Å²) in [6.45, 7) is 4.48. The summed E-state index contributed by atoms with van der Waals surface area (Å²) in [6.07, 6.45) is 0. The molecule has 29 heavy (non-hydrogen) atoms. The van der Waals surface area contributed by atoms with E-state index in [1.165, 1.54) is 30.1 Å². The fourth-order valence-electron chi connectivity index (χ4n) is 2.78. The Kier molecular flexibility index (Phi) is 7.39. The van der Waals surface area contributed by atoms with E-state index in [0.717, 1.165) is 0 Å². The van der Waals surface area contributed by atoms with Gasteiger partial charge in [-0.25, -0.2) is 14.0 Å². The lowest BCUT2D eigenvalue weighted by Gasteiger charge is -2.18. The van der Waals surface area contributed by atoms with Crippen LogP contribution < -0.4 is 0 Å². The molecule has 1 aromatic carbocycles. The second kappa shape index (κ2) is 9.56. The number of ether oxygens (including phenoxy) is 2. The van der Waals surface area contributed by atoms with Gasteiger partial charge in [0, 0.05) is 29.9 Å². The molecule has 0 unspecified atom stereocenters. The van der Waals surface area contributed by atoms with Crippen molar-refractivity contribution in [1.29, 1.82) is 0 Å². The van der Waals surface area contributed by atoms with Gasteiger partial charge in [-0.1, -0.05) is 17.7 Å². The molecule has 0 bridgehead atoms. The van der Waals surface area contributed by atoms with Gasteiger partial charge in [0.25, 0.3) is 5.91 Å². The molecule has 0 saturated carbocycles. The summed E-state index contributed by atoms with van der Waals surface area (Å²) in [6, 6.07) is 4.24. The monoisotopic (exact) mass is 424 g/mol. The zero-order valence-corrected chi connectivity index (χ0v) is 17.4. The van der Waals surface area contributed by atoms with Crippen LogP contribution in [0.2, 0.25) is 5.02 Å². The van der Waals surface area contributed by atoms with Crippen molar-refractivity contribution in [3.63, 3.8) is 0 Å². The van der Waals surface area contributed by atoms with Crippen molar-refractivity contribution in [2.75, 3.05) is 20.3 Å². The van der Waals surface area contributed by atoms with E-state index in [1.54, 1.807) is 20.8 Å². The fraction of sp³-hybridized carbons (Fsp3) is 0.350. The summed E-state index contributed by atoms with van der Waals surface area (Å²) in [5, 5.41) is 0.200. The first-order valence-corrected chi connectivity index (χ1v) is 9.25. The molecule has 1 aromatic heterocycles. The first-order chi connectivity index (χ1) is 13.7. The van der Waals surface area contributed by atoms with Crippen LogP contribution in [0.3, 0.4) is 0 Å². The molecule has 2 aromatic rings. The molecule has 1 heterocycles. The number of hydrogen-bond donors (Lipinski definition) is 1. The lowest BCUT2D eigenvalue weighted by atomic mass is 10.1. The van der Waals surface area contributed by atoms with Crippen molar-refractivity contribution in [3.05, 3.63) is 57.1 Å². The summed E-state index contributed by atoms with van der Waals surface area (Å²) < 4.78 is 23.9. The normalized spacial score (nSPS) is 10.6. The molecule has 7 nitrogen and oxygen atoms in total. The highest BCUT2D eigenvalue weighted by atomic mass is 35.5. The Morgan fingerprint density at radius 2 is 1.86 bits per heavy atom. The van der Waals surface area contributed by atoms with Crippen LogP contribution in [0.25, 0.3) is 0 Å². The molecule has 0 aliphatic rings. The van der Waals surface area contributed by atoms with Crippen LogP contribution in [-0.4, -0.2) is 48.0 Å². The lowest BCUT2D eigenvalue weighted by molar-refractivity contribution is -0.133. The van der Waals surface area contributed by atoms with Crippen molar-refractivity contribution < 1.29 is 28.2 Å². The quantitative estimate of drug-likeness (QED) is 0.688. The number of aromatic nitrogens is 1. The van der Waals surface area contributed by atoms with Gasteiger partial charge in [0.05, 0.1) is 12.2 Å². The highest BCUT2D eigenvalue weighted by molar-refractivity contribution is 6.31. The molecule has 1 N–H and O–H groups in total. The van der Waals surface area contributed by atoms with Crippen LogP contribution in [0.1, 0.15) is 44.6 Å². The Bertz CT molecular complexity index is 921. The standard InChI is InChI=1S/C20H22ClFN2O5/c1-5-28-19(26)17-11(2)18(23-12(17)3)20(27)29-10-16(25)24(4)9-13-14(21)7-6-8-15(13)22/h6-8,23H,5,9-10H2,1-4H3. The summed E-state index contributed by atoms with van der Waals surface area (Å²) in [7, 11) is 1.45. The average Bonchev–Trinajstić information content (AvgIpc) is 2.96. The third-order valence-corrected chi connectivity index (χ3v) is 4.68. The summed E-state index contributed by atoms with van der Waals surface area (Å²) in [5.74, 6) is -2.40. The number of nitrogens with zero attached hydrogens (tertiary/aromatic N) is 1. The molecule has 156 valence electrons. The van der Waals surface area contributed by atoms with Gasteiger partial charge in [0.2, 0.25) is 0 Å². The smallest absolute Gasteiger partial charge is 0.355 e. The number of aromatic amines is 1. The zero-order chi connectivity index (χ0) is 21.7. The number of esters is 2. The number of amides is 1. The van der Waals surface area contributed by atoms with E-state index in [0.29, 0.717) is 11.3 Å². The predicted molar refractivity (Wildman–Crippen MR) is 104 cm³/mol. The zero-order valence-electron chi connectivity index (χ0n) is 16.6. The van der Waals surface area contributed by atoms with Crippen LogP contribution >= 0.6 is 11.6 Å². The van der Waals surface area contributed by atoms with E-state index in [1.807, 2.05) is 0 Å². The molecule has 0 atom stereocenters. The van der Waals surface area contributed by atoms with Gasteiger partial charge >= 0.3 is 11.9 Å². The molecule has 0 aliphatic carbocycles. The first kappa shape index (κ1) is 22.4. The minimum Gasteiger partial charge on any atom is -0.462 e. The van der Waals surface area contributed by atoms with Gasteiger partial charge < -0.3 is 19.4 Å². The maximum absolute atomic E-state index is 13.9. The third-order valence-electron chi connectivity index (χ3n) is 4.33. The predicted octanol–water partition coefficient (Wildman–Crippen LogP) is 3.42. The summed E-state index contributed by atoms with van der Waals surface area (Å²) in [4.78, 5) is 40.6. The lowest BCUT2D eigenvalue weighted by Crippen LogP contribution is -2.31. The molecule has 2 rings (SSSR count). The van der Waals surface area contributed by atoms with Gasteiger partial charge in [0.15, 0.2) is 6.61 Å². The number of H-pyrrole nitrogens is 1. The SMILES string of the molecule is CCOC(=O)c1c(C)[nH]c(C(=O)OCC(=O)N(C)Cc2c(F)cccc2Cl)c1C. The number of aryl methyl sites for hydroxylation is 1. The number of rotatable bonds is 7. The second-order valence-corrected chi connectivity index (χ2v) is 6.78. The molecule has 0 radical (unpaired) electrons. The molecule has 0 saturated heterocycles. The minimum atomic E-state index is -0.785. The highest BCUT2D eigenvalue weighted by Crippen LogP contribution is 2.21. The van der Waals surface area contributed by atoms with Crippen molar-refractivity contribution in [1.82, 2.24) is 9.88 Å². The maximum Gasteiger partial charge on any atom is 0.355 e. The van der Waals surface area contributed by atoms with Gasteiger partial charge in [-0.3, -0.25) is 4.79 Å². The van der Waals surface area contributed by atoms with Crippen LogP contribution in [0, 0.1) is 19.7 Å². The molecule has 0 spiro atoms. The number of likely N-dealkylation sites (N-methyl/N-ethyl adjacent to an activating group) is 1. The molecule has 0 aliphatic heterocycles. The van der Waals surface area contributed by atoms with E-state index in [9.17, 15) is 18.8 Å². The average molecular weight is 425 g/mol. The fourth-order valence-corrected chi connectivity index (χ4v) is 3.00. The summed E-state index contributed by atoms with van der Waals surface area (Å²) >= 11 is 5.96. The van der Waals surface area contributed by atoms with Crippen molar-refractivity contribution >= 4 is 29.4 Å². The van der Waals surface area contributed by atoms with Crippen LogP contribution in [0.15, 0.2) is 18.2 Å². The number of hydrogen-bond acceptors (Lipinski definition) is 5. The molecule has 9 heteroatoms. The van der Waals surface area contributed by atoms with Crippen LogP contribution in [0.4, 0.5) is 4.39 Å². The highest BCUT2D eigenvalue weighted by Gasteiger charge is 2.24. The van der Waals surface area contributed by atoms with Gasteiger partial charge in [-0.15, -0.1) is 0 Å². The van der Waals surface area contributed by atoms with Crippen molar-refractivity contribution in [2.45, 2.75) is 27.3 Å². The Balaban J connectivity index is 2.02. The van der Waals surface area contributed by atoms with Gasteiger partial charge in [0.1, 0.15) is 11.5 Å². The Labute approximate surface area is 172 Å². The second-order valence-electron chi connectivity index (χ2n) is 6.37. The van der Waals surface area contributed by atoms with Gasteiger partial charge in [-0.05, 0) is 38.5 Å². The number of halogens is 2. The minimum absolute atomic E-state index is 0.0677. The van der Waals surface area contributed by atoms with E-state index in [2.05, 4.69) is 4.98 Å². The number of benzene rings is 1. The number of nitrogens with one attached hydrogen (secondary N) is 1.